The lowest BCUT2D eigenvalue weighted by Gasteiger charge is -2.45. The summed E-state index contributed by atoms with van der Waals surface area (Å²) in [5.74, 6) is 2.28. The van der Waals surface area contributed by atoms with E-state index in [1.807, 2.05) is 29.7 Å². The third kappa shape index (κ3) is 4.25. The van der Waals surface area contributed by atoms with Gasteiger partial charge in [-0.15, -0.1) is 0 Å². The summed E-state index contributed by atoms with van der Waals surface area (Å²) < 4.78 is 13.2. The molecule has 1 fully saturated rings. The fourth-order valence-corrected chi connectivity index (χ4v) is 5.44. The van der Waals surface area contributed by atoms with Crippen molar-refractivity contribution in [2.45, 2.75) is 77.9 Å². The van der Waals surface area contributed by atoms with Gasteiger partial charge in [-0.3, -0.25) is 9.59 Å². The van der Waals surface area contributed by atoms with E-state index in [0.29, 0.717) is 42.1 Å². The third-order valence-corrected chi connectivity index (χ3v) is 7.72. The number of hydrogen-bond acceptors (Lipinski definition) is 4. The van der Waals surface area contributed by atoms with Crippen LogP contribution in [0.15, 0.2) is 18.2 Å². The van der Waals surface area contributed by atoms with Crippen LogP contribution in [0.4, 0.5) is 0 Å². The molecule has 0 bridgehead atoms. The molecule has 0 spiro atoms. The molecular weight excluding hydrogens is 430 g/mol. The Kier molecular flexibility index (Phi) is 6.83. The van der Waals surface area contributed by atoms with Crippen molar-refractivity contribution in [1.82, 2.24) is 14.8 Å². The topological polar surface area (TPSA) is 72.8 Å². The number of carbonyl (C=O) groups is 2. The van der Waals surface area contributed by atoms with E-state index < -0.39 is 5.54 Å². The number of nitrogens with one attached hydrogen (secondary N) is 1. The van der Waals surface area contributed by atoms with Crippen molar-refractivity contribution in [3.63, 3.8) is 0 Å². The number of methoxy groups -OCH3 is 2. The van der Waals surface area contributed by atoms with E-state index in [4.69, 9.17) is 9.47 Å². The molecule has 0 radical (unpaired) electrons. The van der Waals surface area contributed by atoms with Crippen LogP contribution in [0, 0.1) is 11.8 Å². The van der Waals surface area contributed by atoms with Gasteiger partial charge in [0.05, 0.1) is 26.3 Å². The van der Waals surface area contributed by atoms with Gasteiger partial charge < -0.3 is 24.3 Å². The van der Waals surface area contributed by atoms with Crippen LogP contribution in [0.3, 0.4) is 0 Å². The number of benzene rings is 1. The number of nitrogens with zero attached hydrogens (tertiary/aromatic N) is 2. The smallest absolute Gasteiger partial charge is 0.271 e. The average molecular weight is 470 g/mol. The molecule has 2 aliphatic rings. The normalized spacial score (nSPS) is 24.9. The first-order chi connectivity index (χ1) is 16.2. The van der Waals surface area contributed by atoms with Gasteiger partial charge in [0.1, 0.15) is 22.7 Å². The summed E-state index contributed by atoms with van der Waals surface area (Å²) >= 11 is 0. The first kappa shape index (κ1) is 24.4. The van der Waals surface area contributed by atoms with E-state index in [0.717, 1.165) is 43.0 Å². The molecule has 1 aromatic carbocycles. The zero-order chi connectivity index (χ0) is 24.6. The van der Waals surface area contributed by atoms with Crippen LogP contribution in [0.1, 0.15) is 70.3 Å². The maximum Gasteiger partial charge on any atom is 0.271 e. The van der Waals surface area contributed by atoms with Gasteiger partial charge >= 0.3 is 0 Å². The Bertz CT molecular complexity index is 1070. The first-order valence-electron chi connectivity index (χ1n) is 12.6. The third-order valence-electron chi connectivity index (χ3n) is 7.72. The number of aromatic nitrogens is 1. The fourth-order valence-electron chi connectivity index (χ4n) is 5.44. The maximum absolute atomic E-state index is 13.9. The van der Waals surface area contributed by atoms with E-state index in [1.165, 1.54) is 0 Å². The van der Waals surface area contributed by atoms with Crippen LogP contribution in [-0.2, 0) is 11.3 Å². The summed E-state index contributed by atoms with van der Waals surface area (Å²) in [6, 6.07) is 5.75. The minimum Gasteiger partial charge on any atom is -0.496 e. The summed E-state index contributed by atoms with van der Waals surface area (Å²) in [4.78, 5) is 29.5. The van der Waals surface area contributed by atoms with Crippen LogP contribution in [0.2, 0.25) is 0 Å². The van der Waals surface area contributed by atoms with Crippen molar-refractivity contribution in [3.8, 4) is 11.5 Å². The molecule has 2 amide bonds. The molecule has 2 aromatic rings. The highest BCUT2D eigenvalue weighted by molar-refractivity contribution is 6.05. The summed E-state index contributed by atoms with van der Waals surface area (Å²) in [6.07, 6.45) is 5.07. The van der Waals surface area contributed by atoms with Gasteiger partial charge in [0.25, 0.3) is 5.91 Å². The average Bonchev–Trinajstić information content (AvgIpc) is 3.19. The molecule has 186 valence electrons. The highest BCUT2D eigenvalue weighted by Crippen LogP contribution is 2.40. The Balaban J connectivity index is 1.77. The second-order valence-electron chi connectivity index (χ2n) is 10.7. The molecule has 7 heteroatoms. The van der Waals surface area contributed by atoms with Crippen LogP contribution >= 0.6 is 0 Å². The van der Waals surface area contributed by atoms with Gasteiger partial charge in [0.2, 0.25) is 5.91 Å². The Morgan fingerprint density at radius 3 is 2.41 bits per heavy atom. The molecule has 2 heterocycles. The molecule has 4 rings (SSSR count). The van der Waals surface area contributed by atoms with E-state index in [2.05, 4.69) is 26.1 Å². The minimum atomic E-state index is -0.998. The molecule has 1 saturated carbocycles. The molecule has 1 aliphatic heterocycles. The van der Waals surface area contributed by atoms with Crippen LogP contribution in [0.5, 0.6) is 11.5 Å². The van der Waals surface area contributed by atoms with Crippen molar-refractivity contribution in [2.75, 3.05) is 20.8 Å². The predicted octanol–water partition coefficient (Wildman–Crippen LogP) is 4.61. The van der Waals surface area contributed by atoms with Crippen molar-refractivity contribution in [3.05, 3.63) is 23.9 Å². The van der Waals surface area contributed by atoms with Crippen LogP contribution in [-0.4, -0.2) is 53.6 Å². The standard InChI is InChI=1S/C27H39N3O4/c1-17(2)13-14-30-25(31)21-15-20-22(33-5)11-12-23(34-6)24(20)29(21)16-27(30,4)26(32)28-19-9-7-18(3)8-10-19/h11-12,15,17-19H,7-10,13-14,16H2,1-6H3,(H,28,32). The molecule has 1 N–H and O–H groups in total. The molecule has 1 aromatic heterocycles. The quantitative estimate of drug-likeness (QED) is 0.643. The van der Waals surface area contributed by atoms with Gasteiger partial charge in [-0.1, -0.05) is 20.8 Å². The molecular formula is C27H39N3O4. The number of amides is 2. The Hall–Kier alpha value is -2.70. The number of rotatable bonds is 7. The van der Waals surface area contributed by atoms with Crippen molar-refractivity contribution in [2.24, 2.45) is 11.8 Å². The van der Waals surface area contributed by atoms with Gasteiger partial charge in [-0.05, 0) is 69.1 Å². The number of ether oxygens (including phenoxy) is 2. The highest BCUT2D eigenvalue weighted by Gasteiger charge is 2.48. The number of hydrogen-bond donors (Lipinski definition) is 1. The Morgan fingerprint density at radius 1 is 1.15 bits per heavy atom. The van der Waals surface area contributed by atoms with Gasteiger partial charge in [0.15, 0.2) is 0 Å². The lowest BCUT2D eigenvalue weighted by atomic mass is 9.86. The second kappa shape index (κ2) is 9.51. The van der Waals surface area contributed by atoms with Crippen molar-refractivity contribution in [1.29, 1.82) is 0 Å². The van der Waals surface area contributed by atoms with E-state index in [1.54, 1.807) is 19.1 Å². The highest BCUT2D eigenvalue weighted by atomic mass is 16.5. The minimum absolute atomic E-state index is 0.0708. The first-order valence-corrected chi connectivity index (χ1v) is 12.6. The van der Waals surface area contributed by atoms with Crippen LogP contribution in [0.25, 0.3) is 10.9 Å². The lowest BCUT2D eigenvalue weighted by molar-refractivity contribution is -0.134. The zero-order valence-corrected chi connectivity index (χ0v) is 21.4. The van der Waals surface area contributed by atoms with Gasteiger partial charge in [-0.2, -0.15) is 0 Å². The summed E-state index contributed by atoms with van der Waals surface area (Å²) in [7, 11) is 3.24. The lowest BCUT2D eigenvalue weighted by Crippen LogP contribution is -2.65. The number of carbonyl (C=O) groups excluding carboxylic acids is 2. The maximum atomic E-state index is 13.9. The molecule has 7 nitrogen and oxygen atoms in total. The molecule has 1 atom stereocenters. The van der Waals surface area contributed by atoms with E-state index >= 15 is 0 Å². The molecule has 0 saturated heterocycles. The summed E-state index contributed by atoms with van der Waals surface area (Å²) in [5, 5.41) is 4.13. The van der Waals surface area contributed by atoms with Gasteiger partial charge in [-0.25, -0.2) is 0 Å². The zero-order valence-electron chi connectivity index (χ0n) is 21.4. The van der Waals surface area contributed by atoms with Crippen molar-refractivity contribution >= 4 is 22.7 Å². The largest absolute Gasteiger partial charge is 0.496 e. The summed E-state index contributed by atoms with van der Waals surface area (Å²) in [5.41, 5.74) is 0.361. The van der Waals surface area contributed by atoms with E-state index in [9.17, 15) is 9.59 Å². The predicted molar refractivity (Wildman–Crippen MR) is 134 cm³/mol. The van der Waals surface area contributed by atoms with E-state index in [-0.39, 0.29) is 17.9 Å². The monoisotopic (exact) mass is 469 g/mol. The Labute approximate surface area is 202 Å². The summed E-state index contributed by atoms with van der Waals surface area (Å²) in [6.45, 7) is 9.37. The van der Waals surface area contributed by atoms with Gasteiger partial charge in [0, 0.05) is 18.0 Å². The van der Waals surface area contributed by atoms with Crippen molar-refractivity contribution < 1.29 is 19.1 Å². The number of fused-ring (bicyclic) bond motifs is 3. The molecule has 1 aliphatic carbocycles. The fraction of sp³-hybridized carbons (Fsp3) is 0.630. The molecule has 34 heavy (non-hydrogen) atoms. The van der Waals surface area contributed by atoms with Crippen LogP contribution < -0.4 is 14.8 Å². The molecule has 1 unspecified atom stereocenters. The Morgan fingerprint density at radius 2 is 1.79 bits per heavy atom. The SMILES string of the molecule is COc1ccc(OC)c2c1cc1n2CC(C)(C(=O)NC2CCC(C)CC2)N(CCC(C)C)C1=O. The second-order valence-corrected chi connectivity index (χ2v) is 10.7.